The Hall–Kier alpha value is -3.10. The van der Waals surface area contributed by atoms with E-state index in [1.54, 1.807) is 25.2 Å². The van der Waals surface area contributed by atoms with Crippen molar-refractivity contribution >= 4 is 29.3 Å². The summed E-state index contributed by atoms with van der Waals surface area (Å²) in [4.78, 5) is 51.4. The van der Waals surface area contributed by atoms with Crippen LogP contribution < -0.4 is 15.4 Å². The number of ether oxygens (including phenoxy) is 1. The van der Waals surface area contributed by atoms with Crippen molar-refractivity contribution in [3.63, 3.8) is 0 Å². The van der Waals surface area contributed by atoms with Gasteiger partial charge in [0.2, 0.25) is 11.8 Å². The molecule has 0 radical (unpaired) electrons. The Balaban J connectivity index is 1.68. The third kappa shape index (κ3) is 3.92. The fourth-order valence-corrected chi connectivity index (χ4v) is 3.55. The van der Waals surface area contributed by atoms with Crippen molar-refractivity contribution in [1.29, 1.82) is 0 Å². The Morgan fingerprint density at radius 2 is 2.04 bits per heavy atom. The summed E-state index contributed by atoms with van der Waals surface area (Å²) in [5, 5.41) is 5.51. The summed E-state index contributed by atoms with van der Waals surface area (Å²) >= 11 is 0. The summed E-state index contributed by atoms with van der Waals surface area (Å²) in [6, 6.07) is 3.48. The van der Waals surface area contributed by atoms with Crippen molar-refractivity contribution in [3.8, 4) is 5.75 Å². The van der Waals surface area contributed by atoms with Gasteiger partial charge in [-0.3, -0.25) is 14.4 Å². The van der Waals surface area contributed by atoms with Crippen LogP contribution in [0.2, 0.25) is 0 Å². The van der Waals surface area contributed by atoms with Gasteiger partial charge in [-0.2, -0.15) is 0 Å². The first-order valence-electron chi connectivity index (χ1n) is 9.20. The van der Waals surface area contributed by atoms with Gasteiger partial charge in [0.05, 0.1) is 24.9 Å². The van der Waals surface area contributed by atoms with Crippen LogP contribution in [0, 0.1) is 0 Å². The lowest BCUT2D eigenvalue weighted by molar-refractivity contribution is -0.152. The highest BCUT2D eigenvalue weighted by atomic mass is 16.5. The molecule has 0 aromatic heterocycles. The predicted octanol–water partition coefficient (Wildman–Crippen LogP) is 0.851. The van der Waals surface area contributed by atoms with Crippen LogP contribution in [0.15, 0.2) is 18.2 Å². The van der Waals surface area contributed by atoms with Crippen LogP contribution in [0.4, 0.5) is 10.5 Å². The minimum atomic E-state index is -0.531. The minimum Gasteiger partial charge on any atom is -0.492 e. The maximum atomic E-state index is 12.5. The van der Waals surface area contributed by atoms with Crippen LogP contribution in [0.5, 0.6) is 5.75 Å². The topological polar surface area (TPSA) is 108 Å². The zero-order valence-electron chi connectivity index (χ0n) is 16.2. The van der Waals surface area contributed by atoms with Crippen molar-refractivity contribution in [2.75, 3.05) is 32.1 Å². The number of carbonyl (C=O) groups is 4. The zero-order chi connectivity index (χ0) is 20.4. The maximum absolute atomic E-state index is 12.5. The lowest BCUT2D eigenvalue weighted by Crippen LogP contribution is -2.55. The fraction of sp³-hybridized carbons (Fsp3) is 0.474. The molecule has 3 rings (SSSR count). The molecular weight excluding hydrogens is 364 g/mol. The van der Waals surface area contributed by atoms with Gasteiger partial charge in [0, 0.05) is 19.2 Å². The molecule has 2 heterocycles. The molecule has 0 spiro atoms. The van der Waals surface area contributed by atoms with Crippen LogP contribution in [-0.4, -0.2) is 72.3 Å². The van der Waals surface area contributed by atoms with Crippen molar-refractivity contribution in [2.45, 2.75) is 32.4 Å². The molecule has 150 valence electrons. The Morgan fingerprint density at radius 1 is 1.29 bits per heavy atom. The number of nitrogens with zero attached hydrogens (tertiary/aromatic N) is 2. The van der Waals surface area contributed by atoms with Gasteiger partial charge >= 0.3 is 6.03 Å². The smallest absolute Gasteiger partial charge is 0.319 e. The highest BCUT2D eigenvalue weighted by Gasteiger charge is 2.44. The molecule has 0 aliphatic carbocycles. The maximum Gasteiger partial charge on any atom is 0.319 e. The molecule has 28 heavy (non-hydrogen) atoms. The van der Waals surface area contributed by atoms with Crippen LogP contribution in [-0.2, 0) is 9.59 Å². The average Bonchev–Trinajstić information content (AvgIpc) is 3.05. The molecule has 2 saturated heterocycles. The zero-order valence-corrected chi connectivity index (χ0v) is 16.2. The Morgan fingerprint density at radius 3 is 2.71 bits per heavy atom. The normalized spacial score (nSPS) is 21.4. The van der Waals surface area contributed by atoms with Gasteiger partial charge in [0.1, 0.15) is 11.8 Å². The van der Waals surface area contributed by atoms with E-state index >= 15 is 0 Å². The number of piperazine rings is 1. The van der Waals surface area contributed by atoms with Gasteiger partial charge < -0.3 is 25.2 Å². The number of hydrogen-bond donors (Lipinski definition) is 2. The molecule has 0 saturated carbocycles. The summed E-state index contributed by atoms with van der Waals surface area (Å²) in [5.74, 6) is 0.0977. The minimum absolute atomic E-state index is 0.0593. The quantitative estimate of drug-likeness (QED) is 0.727. The number of urea groups is 1. The largest absolute Gasteiger partial charge is 0.492 e. The second kappa shape index (κ2) is 7.87. The number of Topliss-reactive ketones (excluding diaryl/α,β-unsaturated/α-hetero) is 1. The Labute approximate surface area is 163 Å². The Kier molecular flexibility index (Phi) is 5.53. The van der Waals surface area contributed by atoms with E-state index in [0.29, 0.717) is 36.6 Å². The van der Waals surface area contributed by atoms with Crippen LogP contribution >= 0.6 is 0 Å². The first kappa shape index (κ1) is 19.7. The molecule has 2 fully saturated rings. The third-order valence-corrected chi connectivity index (χ3v) is 4.92. The van der Waals surface area contributed by atoms with E-state index in [-0.39, 0.29) is 30.2 Å². The van der Waals surface area contributed by atoms with Crippen molar-refractivity contribution in [3.05, 3.63) is 23.8 Å². The molecule has 4 amide bonds. The number of rotatable bonds is 5. The van der Waals surface area contributed by atoms with E-state index in [1.165, 1.54) is 16.7 Å². The summed E-state index contributed by atoms with van der Waals surface area (Å²) in [6.45, 7) is 4.03. The van der Waals surface area contributed by atoms with Gasteiger partial charge in [0.15, 0.2) is 5.78 Å². The average molecular weight is 388 g/mol. The van der Waals surface area contributed by atoms with E-state index in [1.807, 2.05) is 6.92 Å². The molecule has 1 aromatic rings. The van der Waals surface area contributed by atoms with Gasteiger partial charge in [0.25, 0.3) is 0 Å². The number of nitrogens with one attached hydrogen (secondary N) is 2. The second-order valence-corrected chi connectivity index (χ2v) is 6.99. The van der Waals surface area contributed by atoms with E-state index < -0.39 is 12.1 Å². The molecule has 9 nitrogen and oxygen atoms in total. The number of fused-ring (bicyclic) bond motifs is 1. The number of anilines is 1. The summed E-state index contributed by atoms with van der Waals surface area (Å²) < 4.78 is 5.50. The van der Waals surface area contributed by atoms with Crippen molar-refractivity contribution < 1.29 is 23.9 Å². The van der Waals surface area contributed by atoms with Gasteiger partial charge in [-0.15, -0.1) is 0 Å². The van der Waals surface area contributed by atoms with Crippen LogP contribution in [0.1, 0.15) is 30.6 Å². The predicted molar refractivity (Wildman–Crippen MR) is 101 cm³/mol. The van der Waals surface area contributed by atoms with Gasteiger partial charge in [-0.25, -0.2) is 4.79 Å². The lowest BCUT2D eigenvalue weighted by atomic mass is 10.1. The summed E-state index contributed by atoms with van der Waals surface area (Å²) in [7, 11) is 1.60. The van der Waals surface area contributed by atoms with E-state index in [9.17, 15) is 19.2 Å². The molecule has 0 unspecified atom stereocenters. The Bertz CT molecular complexity index is 825. The standard InChI is InChI=1S/C19H24N4O5/c1-4-28-16-6-5-12(11(2)24)7-14(16)21-19(27)20-13-8-15-18(26)22(3)10-17(25)23(15)9-13/h5-7,13,15H,4,8-10H2,1-3H3,(H2,20,21,27)/t13-,15+/m1/s1. The lowest BCUT2D eigenvalue weighted by Gasteiger charge is -2.33. The monoisotopic (exact) mass is 388 g/mol. The van der Waals surface area contributed by atoms with E-state index in [4.69, 9.17) is 4.74 Å². The van der Waals surface area contributed by atoms with Crippen LogP contribution in [0.3, 0.4) is 0 Å². The molecular formula is C19H24N4O5. The first-order valence-corrected chi connectivity index (χ1v) is 9.20. The number of carbonyl (C=O) groups excluding carboxylic acids is 4. The number of benzene rings is 1. The molecule has 0 bridgehead atoms. The molecule has 2 N–H and O–H groups in total. The molecule has 1 aromatic carbocycles. The SMILES string of the molecule is CCOc1ccc(C(C)=O)cc1NC(=O)N[C@@H]1C[C@H]2C(=O)N(C)CC(=O)N2C1. The van der Waals surface area contributed by atoms with Crippen molar-refractivity contribution in [2.24, 2.45) is 0 Å². The highest BCUT2D eigenvalue weighted by Crippen LogP contribution is 2.27. The second-order valence-electron chi connectivity index (χ2n) is 6.99. The molecule has 2 aliphatic heterocycles. The first-order chi connectivity index (χ1) is 13.3. The van der Waals surface area contributed by atoms with E-state index in [2.05, 4.69) is 10.6 Å². The summed E-state index contributed by atoms with van der Waals surface area (Å²) in [6.07, 6.45) is 0.369. The summed E-state index contributed by atoms with van der Waals surface area (Å²) in [5.41, 5.74) is 0.839. The number of ketones is 1. The van der Waals surface area contributed by atoms with Gasteiger partial charge in [-0.1, -0.05) is 0 Å². The molecule has 9 heteroatoms. The fourth-order valence-electron chi connectivity index (χ4n) is 3.55. The number of likely N-dealkylation sites (N-methyl/N-ethyl adjacent to an activating group) is 1. The van der Waals surface area contributed by atoms with E-state index in [0.717, 1.165) is 0 Å². The molecule has 2 atom stereocenters. The van der Waals surface area contributed by atoms with Crippen LogP contribution in [0.25, 0.3) is 0 Å². The highest BCUT2D eigenvalue weighted by molar-refractivity contribution is 5.98. The van der Waals surface area contributed by atoms with Crippen molar-refractivity contribution in [1.82, 2.24) is 15.1 Å². The number of amides is 4. The van der Waals surface area contributed by atoms with Gasteiger partial charge in [-0.05, 0) is 38.5 Å². The third-order valence-electron chi connectivity index (χ3n) is 4.92. The number of hydrogen-bond acceptors (Lipinski definition) is 5. The molecule has 2 aliphatic rings.